The topological polar surface area (TPSA) is 59.0 Å². The molecule has 0 aromatic carbocycles. The van der Waals surface area contributed by atoms with Crippen LogP contribution in [-0.2, 0) is 6.54 Å². The van der Waals surface area contributed by atoms with Crippen molar-refractivity contribution in [2.24, 2.45) is 5.92 Å². The van der Waals surface area contributed by atoms with E-state index in [4.69, 9.17) is 0 Å². The fourth-order valence-electron chi connectivity index (χ4n) is 2.80. The zero-order chi connectivity index (χ0) is 14.5. The van der Waals surface area contributed by atoms with Crippen molar-refractivity contribution >= 4 is 5.82 Å². The molecule has 0 spiro atoms. The largest absolute Gasteiger partial charge is 0.363 e. The molecule has 1 aliphatic rings. The zero-order valence-electron chi connectivity index (χ0n) is 12.7. The quantitative estimate of drug-likeness (QED) is 0.863. The first-order valence-corrected chi connectivity index (χ1v) is 7.59. The number of rotatable bonds is 5. The molecule has 0 aliphatic heterocycles. The van der Waals surface area contributed by atoms with Gasteiger partial charge in [-0.25, -0.2) is 4.98 Å². The van der Waals surface area contributed by atoms with Gasteiger partial charge in [-0.3, -0.25) is 4.79 Å². The zero-order valence-corrected chi connectivity index (χ0v) is 12.7. The lowest BCUT2D eigenvalue weighted by molar-refractivity contribution is 0.370. The Kier molecular flexibility index (Phi) is 5.17. The molecule has 1 aliphatic carbocycles. The van der Waals surface area contributed by atoms with Gasteiger partial charge >= 0.3 is 0 Å². The van der Waals surface area contributed by atoms with E-state index in [1.165, 1.54) is 0 Å². The maximum atomic E-state index is 12.3. The van der Waals surface area contributed by atoms with Crippen LogP contribution in [-0.4, -0.2) is 28.7 Å². The molecule has 20 heavy (non-hydrogen) atoms. The van der Waals surface area contributed by atoms with Crippen LogP contribution in [0.3, 0.4) is 0 Å². The van der Waals surface area contributed by atoms with E-state index in [0.717, 1.165) is 32.2 Å². The molecular formula is C15H26N4O. The minimum Gasteiger partial charge on any atom is -0.363 e. The Bertz CT molecular complexity index is 475. The van der Waals surface area contributed by atoms with E-state index in [0.29, 0.717) is 23.8 Å². The highest BCUT2D eigenvalue weighted by Gasteiger charge is 2.21. The van der Waals surface area contributed by atoms with Crippen molar-refractivity contribution in [2.45, 2.75) is 58.2 Å². The summed E-state index contributed by atoms with van der Waals surface area (Å²) in [5.41, 5.74) is -0.00283. The number of aromatic nitrogens is 2. The monoisotopic (exact) mass is 278 g/mol. The Balaban J connectivity index is 2.01. The lowest BCUT2D eigenvalue weighted by Gasteiger charge is -2.29. The standard InChI is InChI=1S/C15H26N4O/c1-11(2)10-19-9-8-17-14(15(19)20)18-13-6-4-12(16-3)5-7-13/h8-9,11-13,16H,4-7,10H2,1-3H3,(H,17,18). The van der Waals surface area contributed by atoms with Crippen molar-refractivity contribution in [3.8, 4) is 0 Å². The van der Waals surface area contributed by atoms with E-state index in [1.807, 2.05) is 7.05 Å². The van der Waals surface area contributed by atoms with E-state index in [2.05, 4.69) is 29.5 Å². The lowest BCUT2D eigenvalue weighted by atomic mass is 9.91. The maximum Gasteiger partial charge on any atom is 0.293 e. The van der Waals surface area contributed by atoms with Crippen molar-refractivity contribution in [1.82, 2.24) is 14.9 Å². The average Bonchev–Trinajstić information content (AvgIpc) is 2.43. The molecule has 0 bridgehead atoms. The highest BCUT2D eigenvalue weighted by atomic mass is 16.1. The van der Waals surface area contributed by atoms with Crippen LogP contribution >= 0.6 is 0 Å². The predicted octanol–water partition coefficient (Wildman–Crippen LogP) is 1.84. The molecule has 2 rings (SSSR count). The van der Waals surface area contributed by atoms with Crippen molar-refractivity contribution in [2.75, 3.05) is 12.4 Å². The normalized spacial score (nSPS) is 23.0. The van der Waals surface area contributed by atoms with E-state index in [9.17, 15) is 4.79 Å². The van der Waals surface area contributed by atoms with Crippen LogP contribution in [0.4, 0.5) is 5.82 Å². The highest BCUT2D eigenvalue weighted by molar-refractivity contribution is 5.32. The van der Waals surface area contributed by atoms with Gasteiger partial charge in [-0.15, -0.1) is 0 Å². The van der Waals surface area contributed by atoms with Crippen molar-refractivity contribution in [3.63, 3.8) is 0 Å². The molecule has 1 heterocycles. The van der Waals surface area contributed by atoms with Gasteiger partial charge < -0.3 is 15.2 Å². The highest BCUT2D eigenvalue weighted by Crippen LogP contribution is 2.20. The Morgan fingerprint density at radius 1 is 1.30 bits per heavy atom. The fraction of sp³-hybridized carbons (Fsp3) is 0.733. The molecule has 0 atom stereocenters. The Labute approximate surface area is 120 Å². The molecule has 5 nitrogen and oxygen atoms in total. The first-order valence-electron chi connectivity index (χ1n) is 7.59. The summed E-state index contributed by atoms with van der Waals surface area (Å²) in [7, 11) is 2.02. The van der Waals surface area contributed by atoms with Crippen LogP contribution in [0.1, 0.15) is 39.5 Å². The van der Waals surface area contributed by atoms with E-state index in [-0.39, 0.29) is 5.56 Å². The van der Waals surface area contributed by atoms with Gasteiger partial charge in [-0.05, 0) is 38.6 Å². The Morgan fingerprint density at radius 3 is 2.55 bits per heavy atom. The lowest BCUT2D eigenvalue weighted by Crippen LogP contribution is -2.37. The number of hydrogen-bond donors (Lipinski definition) is 2. The second-order valence-electron chi connectivity index (χ2n) is 6.11. The average molecular weight is 278 g/mol. The van der Waals surface area contributed by atoms with Gasteiger partial charge in [0.15, 0.2) is 5.82 Å². The summed E-state index contributed by atoms with van der Waals surface area (Å²) in [4.78, 5) is 16.5. The molecule has 0 amide bonds. The minimum absolute atomic E-state index is 0.00283. The maximum absolute atomic E-state index is 12.3. The van der Waals surface area contributed by atoms with Gasteiger partial charge in [-0.2, -0.15) is 0 Å². The fourth-order valence-corrected chi connectivity index (χ4v) is 2.80. The van der Waals surface area contributed by atoms with Gasteiger partial charge in [0, 0.05) is 31.0 Å². The summed E-state index contributed by atoms with van der Waals surface area (Å²) in [6.45, 7) is 4.96. The summed E-state index contributed by atoms with van der Waals surface area (Å²) in [5, 5.41) is 6.66. The van der Waals surface area contributed by atoms with Crippen LogP contribution in [0.25, 0.3) is 0 Å². The number of hydrogen-bond acceptors (Lipinski definition) is 4. The molecule has 5 heteroatoms. The first kappa shape index (κ1) is 15.0. The molecule has 2 N–H and O–H groups in total. The number of nitrogens with one attached hydrogen (secondary N) is 2. The summed E-state index contributed by atoms with van der Waals surface area (Å²) in [6.07, 6.45) is 7.97. The van der Waals surface area contributed by atoms with Crippen LogP contribution < -0.4 is 16.2 Å². The molecule has 0 radical (unpaired) electrons. The Hall–Kier alpha value is -1.36. The van der Waals surface area contributed by atoms with E-state index in [1.54, 1.807) is 17.0 Å². The third kappa shape index (κ3) is 3.82. The molecule has 0 unspecified atom stereocenters. The molecule has 0 saturated heterocycles. The molecule has 1 aromatic heterocycles. The first-order chi connectivity index (χ1) is 9.60. The predicted molar refractivity (Wildman–Crippen MR) is 82.1 cm³/mol. The van der Waals surface area contributed by atoms with Crippen molar-refractivity contribution in [3.05, 3.63) is 22.7 Å². The third-order valence-electron chi connectivity index (χ3n) is 3.95. The van der Waals surface area contributed by atoms with Gasteiger partial charge in [0.1, 0.15) is 0 Å². The van der Waals surface area contributed by atoms with E-state index >= 15 is 0 Å². The van der Waals surface area contributed by atoms with Gasteiger partial charge in [-0.1, -0.05) is 13.8 Å². The van der Waals surface area contributed by atoms with Crippen LogP contribution in [0.2, 0.25) is 0 Å². The molecule has 1 saturated carbocycles. The van der Waals surface area contributed by atoms with Gasteiger partial charge in [0.05, 0.1) is 0 Å². The summed E-state index contributed by atoms with van der Waals surface area (Å²) >= 11 is 0. The molecule has 1 aromatic rings. The second kappa shape index (κ2) is 6.88. The van der Waals surface area contributed by atoms with Gasteiger partial charge in [0.2, 0.25) is 0 Å². The SMILES string of the molecule is CNC1CCC(Nc2nccn(CC(C)C)c2=O)CC1. The van der Waals surface area contributed by atoms with Crippen LogP contribution in [0, 0.1) is 5.92 Å². The van der Waals surface area contributed by atoms with Gasteiger partial charge in [0.25, 0.3) is 5.56 Å². The van der Waals surface area contributed by atoms with Crippen LogP contribution in [0.15, 0.2) is 17.2 Å². The number of anilines is 1. The molecule has 112 valence electrons. The Morgan fingerprint density at radius 2 is 1.95 bits per heavy atom. The summed E-state index contributed by atoms with van der Waals surface area (Å²) in [5.74, 6) is 0.954. The third-order valence-corrected chi connectivity index (χ3v) is 3.95. The second-order valence-corrected chi connectivity index (χ2v) is 6.11. The smallest absolute Gasteiger partial charge is 0.293 e. The van der Waals surface area contributed by atoms with Crippen LogP contribution in [0.5, 0.6) is 0 Å². The molecular weight excluding hydrogens is 252 g/mol. The van der Waals surface area contributed by atoms with E-state index < -0.39 is 0 Å². The molecule has 1 fully saturated rings. The minimum atomic E-state index is -0.00283. The summed E-state index contributed by atoms with van der Waals surface area (Å²) in [6, 6.07) is 0.990. The van der Waals surface area contributed by atoms with Crippen molar-refractivity contribution < 1.29 is 0 Å². The summed E-state index contributed by atoms with van der Waals surface area (Å²) < 4.78 is 1.75. The number of nitrogens with zero attached hydrogens (tertiary/aromatic N) is 2. The van der Waals surface area contributed by atoms with Crippen molar-refractivity contribution in [1.29, 1.82) is 0 Å².